The Hall–Kier alpha value is -2.15. The summed E-state index contributed by atoms with van der Waals surface area (Å²) in [6.45, 7) is 2.04. The van der Waals surface area contributed by atoms with Crippen molar-refractivity contribution < 1.29 is 14.3 Å². The zero-order valence-electron chi connectivity index (χ0n) is 13.0. The predicted molar refractivity (Wildman–Crippen MR) is 99.1 cm³/mol. The number of thiophene rings is 2. The highest BCUT2D eigenvalue weighted by Gasteiger charge is 2.19. The number of rotatable bonds is 4. The Morgan fingerprint density at radius 2 is 2.04 bits per heavy atom. The van der Waals surface area contributed by atoms with Crippen LogP contribution in [0.25, 0.3) is 31.5 Å². The summed E-state index contributed by atoms with van der Waals surface area (Å²) >= 11 is 8.87. The summed E-state index contributed by atoms with van der Waals surface area (Å²) in [5.74, 6) is -0.352. The minimum Gasteiger partial charge on any atom is -0.550 e. The summed E-state index contributed by atoms with van der Waals surface area (Å²) in [5.41, 5.74) is 1.53. The molecule has 3 aromatic heterocycles. The van der Waals surface area contributed by atoms with Gasteiger partial charge in [0.1, 0.15) is 0 Å². The van der Waals surface area contributed by atoms with Crippen LogP contribution in [0.2, 0.25) is 4.34 Å². The summed E-state index contributed by atoms with van der Waals surface area (Å²) in [5, 5.41) is 12.2. The summed E-state index contributed by atoms with van der Waals surface area (Å²) in [7, 11) is 0. The van der Waals surface area contributed by atoms with Crippen LogP contribution in [0.3, 0.4) is 0 Å². The molecule has 0 saturated heterocycles. The van der Waals surface area contributed by atoms with E-state index in [0.717, 1.165) is 19.8 Å². The SMILES string of the molecule is Cc1ccc2sc(-c3nc(CC(=O)[O-])c(-c4ccc(Cl)s4)o3)cc2c1. The lowest BCUT2D eigenvalue weighted by Crippen LogP contribution is -2.24. The number of halogens is 1. The quantitative estimate of drug-likeness (QED) is 0.514. The maximum Gasteiger partial charge on any atom is 0.237 e. The first kappa shape index (κ1) is 16.3. The molecule has 0 aliphatic heterocycles. The summed E-state index contributed by atoms with van der Waals surface area (Å²) < 4.78 is 7.65. The number of carboxylic acid groups (broad SMARTS) is 1. The van der Waals surface area contributed by atoms with Crippen LogP contribution in [0.15, 0.2) is 40.8 Å². The van der Waals surface area contributed by atoms with Gasteiger partial charge in [0.2, 0.25) is 5.89 Å². The second-order valence-corrected chi connectivity index (χ2v) is 8.40. The van der Waals surface area contributed by atoms with Gasteiger partial charge < -0.3 is 14.3 Å². The van der Waals surface area contributed by atoms with Gasteiger partial charge in [0.25, 0.3) is 0 Å². The molecule has 0 N–H and O–H groups in total. The zero-order chi connectivity index (χ0) is 17.6. The van der Waals surface area contributed by atoms with E-state index in [4.69, 9.17) is 16.0 Å². The number of hydrogen-bond donors (Lipinski definition) is 0. The number of carboxylic acids is 1. The summed E-state index contributed by atoms with van der Waals surface area (Å²) in [6.07, 6.45) is -0.307. The normalized spacial score (nSPS) is 11.3. The van der Waals surface area contributed by atoms with E-state index in [9.17, 15) is 9.90 Å². The zero-order valence-corrected chi connectivity index (χ0v) is 15.4. The average molecular weight is 389 g/mol. The number of fused-ring (bicyclic) bond motifs is 1. The Morgan fingerprint density at radius 3 is 2.76 bits per heavy atom. The van der Waals surface area contributed by atoms with E-state index in [1.165, 1.54) is 16.9 Å². The second kappa shape index (κ2) is 6.29. The van der Waals surface area contributed by atoms with Crippen LogP contribution >= 0.6 is 34.3 Å². The Morgan fingerprint density at radius 1 is 1.20 bits per heavy atom. The summed E-state index contributed by atoms with van der Waals surface area (Å²) in [4.78, 5) is 17.1. The maximum atomic E-state index is 11.1. The first-order valence-corrected chi connectivity index (χ1v) is 9.46. The van der Waals surface area contributed by atoms with Crippen LogP contribution in [0.1, 0.15) is 11.3 Å². The van der Waals surface area contributed by atoms with E-state index in [1.54, 1.807) is 23.5 Å². The molecule has 3 heterocycles. The number of aliphatic carboxylic acids is 1. The Bertz CT molecular complexity index is 1090. The second-order valence-electron chi connectivity index (χ2n) is 5.60. The minimum atomic E-state index is -1.20. The molecule has 25 heavy (non-hydrogen) atoms. The van der Waals surface area contributed by atoms with E-state index in [0.29, 0.717) is 21.7 Å². The van der Waals surface area contributed by atoms with Gasteiger partial charge in [0.15, 0.2) is 5.76 Å². The lowest BCUT2D eigenvalue weighted by atomic mass is 10.2. The van der Waals surface area contributed by atoms with Crippen molar-refractivity contribution in [3.63, 3.8) is 0 Å². The fourth-order valence-corrected chi connectivity index (χ4v) is 4.63. The molecule has 7 heteroatoms. The topological polar surface area (TPSA) is 66.2 Å². The Balaban J connectivity index is 1.83. The molecule has 126 valence electrons. The number of aromatic nitrogens is 1. The van der Waals surface area contributed by atoms with Crippen LogP contribution in [-0.4, -0.2) is 11.0 Å². The number of oxazole rings is 1. The minimum absolute atomic E-state index is 0.307. The van der Waals surface area contributed by atoms with E-state index in [2.05, 4.69) is 23.2 Å². The highest BCUT2D eigenvalue weighted by Crippen LogP contribution is 2.39. The van der Waals surface area contributed by atoms with Gasteiger partial charge in [-0.15, -0.1) is 22.7 Å². The van der Waals surface area contributed by atoms with Gasteiger partial charge in [-0.2, -0.15) is 0 Å². The van der Waals surface area contributed by atoms with Gasteiger partial charge in [0.05, 0.1) is 19.8 Å². The molecule has 4 nitrogen and oxygen atoms in total. The van der Waals surface area contributed by atoms with Crippen molar-refractivity contribution in [3.05, 3.63) is 52.0 Å². The van der Waals surface area contributed by atoms with Crippen molar-refractivity contribution in [2.45, 2.75) is 13.3 Å². The Kier molecular flexibility index (Phi) is 4.11. The molecule has 0 radical (unpaired) electrons. The van der Waals surface area contributed by atoms with Crippen LogP contribution in [0.5, 0.6) is 0 Å². The Labute approximate surface area is 156 Å². The van der Waals surface area contributed by atoms with Crippen LogP contribution in [0.4, 0.5) is 0 Å². The maximum absolute atomic E-state index is 11.1. The first-order valence-electron chi connectivity index (χ1n) is 7.45. The number of carbonyl (C=O) groups is 1. The molecule has 0 bridgehead atoms. The average Bonchev–Trinajstić information content (AvgIpc) is 3.24. The molecule has 0 saturated carbocycles. The molecule has 0 fully saturated rings. The van der Waals surface area contributed by atoms with Gasteiger partial charge in [-0.05, 0) is 36.6 Å². The number of nitrogens with zero attached hydrogens (tertiary/aromatic N) is 1. The van der Waals surface area contributed by atoms with E-state index in [1.807, 2.05) is 13.0 Å². The van der Waals surface area contributed by atoms with Crippen LogP contribution < -0.4 is 5.11 Å². The van der Waals surface area contributed by atoms with Crippen molar-refractivity contribution in [1.82, 2.24) is 4.98 Å². The highest BCUT2D eigenvalue weighted by atomic mass is 35.5. The summed E-state index contributed by atoms with van der Waals surface area (Å²) in [6, 6.07) is 11.8. The lowest BCUT2D eigenvalue weighted by molar-refractivity contribution is -0.304. The van der Waals surface area contributed by atoms with Gasteiger partial charge in [-0.3, -0.25) is 0 Å². The molecule has 0 aliphatic rings. The van der Waals surface area contributed by atoms with Gasteiger partial charge in [0, 0.05) is 17.1 Å². The third-order valence-electron chi connectivity index (χ3n) is 3.69. The van der Waals surface area contributed by atoms with Crippen molar-refractivity contribution >= 4 is 50.3 Å². The monoisotopic (exact) mass is 388 g/mol. The first-order chi connectivity index (χ1) is 12.0. The van der Waals surface area contributed by atoms with Crippen molar-refractivity contribution in [1.29, 1.82) is 0 Å². The van der Waals surface area contributed by atoms with Crippen LogP contribution in [0, 0.1) is 6.92 Å². The van der Waals surface area contributed by atoms with Gasteiger partial charge >= 0.3 is 0 Å². The molecular weight excluding hydrogens is 378 g/mol. The van der Waals surface area contributed by atoms with Crippen LogP contribution in [-0.2, 0) is 11.2 Å². The van der Waals surface area contributed by atoms with E-state index in [-0.39, 0.29) is 6.42 Å². The molecule has 4 rings (SSSR count). The molecule has 0 aliphatic carbocycles. The molecule has 4 aromatic rings. The largest absolute Gasteiger partial charge is 0.550 e. The fourth-order valence-electron chi connectivity index (χ4n) is 2.61. The molecule has 0 unspecified atom stereocenters. The fraction of sp³-hybridized carbons (Fsp3) is 0.111. The highest BCUT2D eigenvalue weighted by molar-refractivity contribution is 7.22. The number of carbonyl (C=O) groups excluding carboxylic acids is 1. The molecule has 0 spiro atoms. The number of benzene rings is 1. The molecular formula is C18H11ClNO3S2-. The smallest absolute Gasteiger partial charge is 0.237 e. The van der Waals surface area contributed by atoms with E-state index < -0.39 is 5.97 Å². The number of hydrogen-bond acceptors (Lipinski definition) is 6. The van der Waals surface area contributed by atoms with Gasteiger partial charge in [-0.25, -0.2) is 4.98 Å². The standard InChI is InChI=1S/C18H12ClNO3S2/c1-9-2-3-12-10(6-9)7-14(24-12)18-20-11(8-16(21)22)17(23-18)13-4-5-15(19)25-13/h2-7H,8H2,1H3,(H,21,22)/p-1. The van der Waals surface area contributed by atoms with Crippen molar-refractivity contribution in [3.8, 4) is 21.4 Å². The van der Waals surface area contributed by atoms with Gasteiger partial charge in [-0.1, -0.05) is 29.3 Å². The molecule has 0 amide bonds. The third kappa shape index (κ3) is 3.20. The number of aryl methyl sites for hydroxylation is 1. The molecule has 0 atom stereocenters. The van der Waals surface area contributed by atoms with E-state index >= 15 is 0 Å². The van der Waals surface area contributed by atoms with Crippen molar-refractivity contribution in [2.75, 3.05) is 0 Å². The lowest BCUT2D eigenvalue weighted by Gasteiger charge is -1.99. The third-order valence-corrected chi connectivity index (χ3v) is 6.02. The predicted octanol–water partition coefficient (Wildman–Crippen LogP) is 4.54. The molecule has 1 aromatic carbocycles. The van der Waals surface area contributed by atoms with Crippen molar-refractivity contribution in [2.24, 2.45) is 0 Å².